The van der Waals surface area contributed by atoms with Gasteiger partial charge in [0.25, 0.3) is 0 Å². The Kier molecular flexibility index (Phi) is 2.73. The van der Waals surface area contributed by atoms with Crippen LogP contribution in [0.4, 0.5) is 13.2 Å². The largest absolute Gasteiger partial charge is 0.416 e. The number of nitrogens with zero attached hydrogens (tertiary/aromatic N) is 2. The van der Waals surface area contributed by atoms with E-state index in [-0.39, 0.29) is 11.6 Å². The first kappa shape index (κ1) is 13.8. The Hall–Kier alpha value is -1.82. The van der Waals surface area contributed by atoms with Crippen molar-refractivity contribution in [3.63, 3.8) is 0 Å². The van der Waals surface area contributed by atoms with Crippen molar-refractivity contribution in [3.05, 3.63) is 41.5 Å². The summed E-state index contributed by atoms with van der Waals surface area (Å²) in [5, 5.41) is 6.40. The van der Waals surface area contributed by atoms with Gasteiger partial charge in [-0.25, -0.2) is 0 Å². The van der Waals surface area contributed by atoms with E-state index in [4.69, 9.17) is 4.74 Å². The zero-order valence-electron chi connectivity index (χ0n) is 12.0. The molecule has 0 unspecified atom stereocenters. The minimum absolute atomic E-state index is 0.206. The molecule has 1 spiro atoms. The van der Waals surface area contributed by atoms with E-state index < -0.39 is 17.2 Å². The smallest absolute Gasteiger partial charge is 0.377 e. The second kappa shape index (κ2) is 4.35. The molecular weight excluding hydrogens is 293 g/mol. The first-order valence-electron chi connectivity index (χ1n) is 7.24. The molecule has 0 N–H and O–H groups in total. The van der Waals surface area contributed by atoms with Gasteiger partial charge in [-0.1, -0.05) is 30.3 Å². The van der Waals surface area contributed by atoms with Gasteiger partial charge in [0.05, 0.1) is 42.5 Å². The van der Waals surface area contributed by atoms with Crippen LogP contribution in [-0.4, -0.2) is 42.7 Å². The van der Waals surface area contributed by atoms with Crippen LogP contribution >= 0.6 is 0 Å². The van der Waals surface area contributed by atoms with Crippen LogP contribution in [0.3, 0.4) is 0 Å². The molecular formula is C16H15F3N2O. The van der Waals surface area contributed by atoms with Gasteiger partial charge in [-0.05, 0) is 18.1 Å². The summed E-state index contributed by atoms with van der Waals surface area (Å²) in [5.74, 6) is 0. The fraction of sp³-hybridized carbons (Fsp3) is 0.438. The van der Waals surface area contributed by atoms with Crippen molar-refractivity contribution < 1.29 is 17.9 Å². The van der Waals surface area contributed by atoms with E-state index in [9.17, 15) is 13.2 Å². The molecule has 1 fully saturated rings. The lowest BCUT2D eigenvalue weighted by Gasteiger charge is -2.38. The summed E-state index contributed by atoms with van der Waals surface area (Å²) < 4.78 is 46.0. The Bertz CT molecular complexity index is 695. The molecule has 0 radical (unpaired) electrons. The molecule has 3 nitrogen and oxygen atoms in total. The summed E-state index contributed by atoms with van der Waals surface area (Å²) in [5.41, 5.74) is 0.250. The molecule has 0 saturated carbocycles. The van der Waals surface area contributed by atoms with Gasteiger partial charge in [-0.15, -0.1) is 0 Å². The maximum Gasteiger partial charge on any atom is 0.416 e. The van der Waals surface area contributed by atoms with Crippen molar-refractivity contribution in [2.45, 2.75) is 24.6 Å². The molecule has 1 aromatic carbocycles. The minimum atomic E-state index is -4.37. The van der Waals surface area contributed by atoms with Gasteiger partial charge in [0, 0.05) is 0 Å². The van der Waals surface area contributed by atoms with Crippen molar-refractivity contribution >= 4 is 11.3 Å². The molecule has 0 bridgehead atoms. The summed E-state index contributed by atoms with van der Waals surface area (Å²) in [6, 6.07) is 6.55. The number of hydrogen-bond acceptors (Lipinski definition) is 3. The lowest BCUT2D eigenvalue weighted by molar-refractivity contribution is -0.0689. The van der Waals surface area contributed by atoms with Crippen LogP contribution in [0.2, 0.25) is 0 Å². The SMILES string of the molecule is CC1=NN2CCOC[C@@H]2[C@]12C=C(C(F)(F)F)c1ccccc12. The van der Waals surface area contributed by atoms with Crippen LogP contribution in [0.25, 0.3) is 5.57 Å². The van der Waals surface area contributed by atoms with Gasteiger partial charge in [0.2, 0.25) is 0 Å². The highest BCUT2D eigenvalue weighted by molar-refractivity contribution is 6.03. The number of alkyl halides is 3. The quantitative estimate of drug-likeness (QED) is 0.736. The topological polar surface area (TPSA) is 24.8 Å². The first-order valence-corrected chi connectivity index (χ1v) is 7.24. The zero-order chi connectivity index (χ0) is 15.5. The third-order valence-electron chi connectivity index (χ3n) is 4.84. The normalized spacial score (nSPS) is 30.2. The molecule has 0 aromatic heterocycles. The lowest BCUT2D eigenvalue weighted by atomic mass is 9.73. The lowest BCUT2D eigenvalue weighted by Crippen LogP contribution is -2.51. The van der Waals surface area contributed by atoms with Crippen molar-refractivity contribution in [3.8, 4) is 0 Å². The Balaban J connectivity index is 1.95. The molecule has 1 aliphatic carbocycles. The second-order valence-electron chi connectivity index (χ2n) is 5.91. The van der Waals surface area contributed by atoms with Crippen LogP contribution in [0.1, 0.15) is 18.1 Å². The number of allylic oxidation sites excluding steroid dienone is 1. The maximum atomic E-state index is 13.5. The monoisotopic (exact) mass is 308 g/mol. The molecule has 2 atom stereocenters. The van der Waals surface area contributed by atoms with Crippen molar-refractivity contribution in [2.75, 3.05) is 19.8 Å². The minimum Gasteiger partial charge on any atom is -0.377 e. The van der Waals surface area contributed by atoms with E-state index >= 15 is 0 Å². The summed E-state index contributed by atoms with van der Waals surface area (Å²) in [6.45, 7) is 3.36. The Morgan fingerprint density at radius 3 is 2.86 bits per heavy atom. The van der Waals surface area contributed by atoms with Gasteiger partial charge < -0.3 is 4.74 Å². The Morgan fingerprint density at radius 1 is 1.32 bits per heavy atom. The van der Waals surface area contributed by atoms with Gasteiger partial charge in [0.15, 0.2) is 0 Å². The predicted molar refractivity (Wildman–Crippen MR) is 76.6 cm³/mol. The van der Waals surface area contributed by atoms with E-state index in [1.807, 2.05) is 11.9 Å². The number of benzene rings is 1. The summed E-state index contributed by atoms with van der Waals surface area (Å²) >= 11 is 0. The molecule has 4 rings (SSSR count). The van der Waals surface area contributed by atoms with Crippen LogP contribution in [0.15, 0.2) is 35.4 Å². The first-order chi connectivity index (χ1) is 10.4. The summed E-state index contributed by atoms with van der Waals surface area (Å²) in [6.07, 6.45) is -3.02. The molecule has 22 heavy (non-hydrogen) atoms. The molecule has 1 saturated heterocycles. The van der Waals surface area contributed by atoms with E-state index in [0.717, 1.165) is 0 Å². The molecule has 2 heterocycles. The van der Waals surface area contributed by atoms with Gasteiger partial charge >= 0.3 is 6.18 Å². The highest BCUT2D eigenvalue weighted by Gasteiger charge is 2.56. The van der Waals surface area contributed by atoms with Gasteiger partial charge in [-0.2, -0.15) is 18.3 Å². The average Bonchev–Trinajstić information content (AvgIpc) is 2.98. The third kappa shape index (κ3) is 1.64. The van der Waals surface area contributed by atoms with Crippen LogP contribution in [0.5, 0.6) is 0 Å². The van der Waals surface area contributed by atoms with Crippen molar-refractivity contribution in [1.82, 2.24) is 5.01 Å². The highest BCUT2D eigenvalue weighted by Crippen LogP contribution is 2.52. The van der Waals surface area contributed by atoms with E-state index in [1.165, 1.54) is 6.08 Å². The van der Waals surface area contributed by atoms with E-state index in [1.54, 1.807) is 24.3 Å². The molecule has 3 aliphatic rings. The van der Waals surface area contributed by atoms with Crippen molar-refractivity contribution in [2.24, 2.45) is 5.10 Å². The van der Waals surface area contributed by atoms with Crippen LogP contribution < -0.4 is 0 Å². The van der Waals surface area contributed by atoms with Crippen LogP contribution in [0, 0.1) is 0 Å². The van der Waals surface area contributed by atoms with Crippen molar-refractivity contribution in [1.29, 1.82) is 0 Å². The standard InChI is InChI=1S/C16H15F3N2O/c1-10-15(14-9-22-7-6-21(14)20-10)8-13(16(17,18)19)11-4-2-3-5-12(11)15/h2-5,8,14H,6-7,9H2,1H3/t14-,15-/m1/s1. The van der Waals surface area contributed by atoms with E-state index in [2.05, 4.69) is 5.10 Å². The molecule has 6 heteroatoms. The Morgan fingerprint density at radius 2 is 2.09 bits per heavy atom. The number of ether oxygens (including phenoxy) is 1. The zero-order valence-corrected chi connectivity index (χ0v) is 12.0. The molecule has 116 valence electrons. The fourth-order valence-corrected chi connectivity index (χ4v) is 3.87. The highest BCUT2D eigenvalue weighted by atomic mass is 19.4. The molecule has 2 aliphatic heterocycles. The van der Waals surface area contributed by atoms with Gasteiger partial charge in [0.1, 0.15) is 0 Å². The third-order valence-corrected chi connectivity index (χ3v) is 4.84. The fourth-order valence-electron chi connectivity index (χ4n) is 3.87. The number of fused-ring (bicyclic) bond motifs is 4. The molecule has 1 aromatic rings. The summed E-state index contributed by atoms with van der Waals surface area (Å²) in [4.78, 5) is 0. The number of halogens is 3. The number of hydrazone groups is 1. The van der Waals surface area contributed by atoms with Crippen LogP contribution in [-0.2, 0) is 10.2 Å². The number of hydrogen-bond donors (Lipinski definition) is 0. The summed E-state index contributed by atoms with van der Waals surface area (Å²) in [7, 11) is 0. The Labute approximate surface area is 126 Å². The van der Waals surface area contributed by atoms with E-state index in [0.29, 0.717) is 31.0 Å². The maximum absolute atomic E-state index is 13.5. The number of rotatable bonds is 0. The number of morpholine rings is 1. The van der Waals surface area contributed by atoms with Gasteiger partial charge in [-0.3, -0.25) is 5.01 Å². The second-order valence-corrected chi connectivity index (χ2v) is 5.91. The predicted octanol–water partition coefficient (Wildman–Crippen LogP) is 2.97. The molecule has 0 amide bonds. The average molecular weight is 308 g/mol.